The highest BCUT2D eigenvalue weighted by Gasteiger charge is 2.18. The van der Waals surface area contributed by atoms with Crippen LogP contribution >= 0.6 is 11.6 Å². The van der Waals surface area contributed by atoms with Gasteiger partial charge in [-0.25, -0.2) is 4.39 Å². The molecule has 1 amide bonds. The van der Waals surface area contributed by atoms with Crippen molar-refractivity contribution in [3.05, 3.63) is 34.6 Å². The second kappa shape index (κ2) is 5.50. The second-order valence-corrected chi connectivity index (χ2v) is 4.84. The number of rotatable bonds is 2. The van der Waals surface area contributed by atoms with Gasteiger partial charge in [-0.05, 0) is 31.0 Å². The van der Waals surface area contributed by atoms with E-state index in [1.54, 1.807) is 0 Å². The molecule has 0 bridgehead atoms. The average molecular weight is 256 g/mol. The van der Waals surface area contributed by atoms with Gasteiger partial charge in [0, 0.05) is 6.04 Å². The van der Waals surface area contributed by atoms with Gasteiger partial charge in [-0.3, -0.25) is 4.79 Å². The molecule has 1 aromatic rings. The minimum absolute atomic E-state index is 0.165. The molecule has 1 aliphatic carbocycles. The third-order valence-electron chi connectivity index (χ3n) is 3.12. The molecule has 0 aliphatic heterocycles. The van der Waals surface area contributed by atoms with Crippen LogP contribution < -0.4 is 5.32 Å². The molecule has 4 heteroatoms. The van der Waals surface area contributed by atoms with Crippen molar-refractivity contribution < 1.29 is 9.18 Å². The molecule has 0 radical (unpaired) electrons. The maximum absolute atomic E-state index is 12.9. The fourth-order valence-corrected chi connectivity index (χ4v) is 2.44. The van der Waals surface area contributed by atoms with Gasteiger partial charge in [-0.2, -0.15) is 0 Å². The van der Waals surface area contributed by atoms with Crippen LogP contribution in [0.3, 0.4) is 0 Å². The van der Waals surface area contributed by atoms with Crippen LogP contribution in [-0.4, -0.2) is 11.9 Å². The molecule has 0 heterocycles. The number of hydrogen-bond donors (Lipinski definition) is 1. The first-order chi connectivity index (χ1) is 8.16. The molecule has 2 nitrogen and oxygen atoms in total. The van der Waals surface area contributed by atoms with Crippen LogP contribution in [0.25, 0.3) is 0 Å². The van der Waals surface area contributed by atoms with E-state index in [0.29, 0.717) is 5.56 Å². The quantitative estimate of drug-likeness (QED) is 0.860. The number of carbonyl (C=O) groups is 1. The topological polar surface area (TPSA) is 29.1 Å². The van der Waals surface area contributed by atoms with Gasteiger partial charge in [-0.1, -0.05) is 30.9 Å². The summed E-state index contributed by atoms with van der Waals surface area (Å²) in [5.74, 6) is -0.633. The summed E-state index contributed by atoms with van der Waals surface area (Å²) in [6.07, 6.45) is 5.59. The van der Waals surface area contributed by atoms with Crippen molar-refractivity contribution in [3.8, 4) is 0 Å². The van der Waals surface area contributed by atoms with Crippen LogP contribution in [0.1, 0.15) is 42.5 Å². The minimum atomic E-state index is -0.427. The Morgan fingerprint density at radius 1 is 1.29 bits per heavy atom. The van der Waals surface area contributed by atoms with Gasteiger partial charge in [0.05, 0.1) is 10.6 Å². The van der Waals surface area contributed by atoms with Crippen molar-refractivity contribution in [2.24, 2.45) is 0 Å². The number of amides is 1. The molecule has 1 aliphatic rings. The first-order valence-electron chi connectivity index (χ1n) is 5.93. The SMILES string of the molecule is O=C(NC1CCCCC1)c1ccc(F)cc1Cl. The highest BCUT2D eigenvalue weighted by molar-refractivity contribution is 6.33. The number of hydrogen-bond acceptors (Lipinski definition) is 1. The lowest BCUT2D eigenvalue weighted by atomic mass is 9.95. The van der Waals surface area contributed by atoms with Crippen molar-refractivity contribution in [2.45, 2.75) is 38.1 Å². The first-order valence-corrected chi connectivity index (χ1v) is 6.30. The van der Waals surface area contributed by atoms with E-state index in [0.717, 1.165) is 31.7 Å². The lowest BCUT2D eigenvalue weighted by molar-refractivity contribution is 0.0928. The third kappa shape index (κ3) is 3.19. The molecule has 0 spiro atoms. The molecule has 1 fully saturated rings. The molecule has 0 unspecified atom stereocenters. The Morgan fingerprint density at radius 2 is 2.00 bits per heavy atom. The molecule has 1 aromatic carbocycles. The van der Waals surface area contributed by atoms with E-state index < -0.39 is 5.82 Å². The normalized spacial score (nSPS) is 16.8. The van der Waals surface area contributed by atoms with Crippen molar-refractivity contribution in [1.82, 2.24) is 5.32 Å². The van der Waals surface area contributed by atoms with E-state index in [9.17, 15) is 9.18 Å². The highest BCUT2D eigenvalue weighted by Crippen LogP contribution is 2.20. The number of halogens is 2. The molecule has 1 N–H and O–H groups in total. The van der Waals surface area contributed by atoms with Crippen LogP contribution in [0.4, 0.5) is 4.39 Å². The standard InChI is InChI=1S/C13H15ClFNO/c14-12-8-9(15)6-7-11(12)13(17)16-10-4-2-1-3-5-10/h6-8,10H,1-5H2,(H,16,17). The van der Waals surface area contributed by atoms with Crippen molar-refractivity contribution in [2.75, 3.05) is 0 Å². The molecule has 17 heavy (non-hydrogen) atoms. The number of benzene rings is 1. The Hall–Kier alpha value is -1.09. The Kier molecular flexibility index (Phi) is 4.00. The Balaban J connectivity index is 2.03. The van der Waals surface area contributed by atoms with Crippen LogP contribution in [0.2, 0.25) is 5.02 Å². The summed E-state index contributed by atoms with van der Waals surface area (Å²) in [6.45, 7) is 0. The summed E-state index contributed by atoms with van der Waals surface area (Å²) in [5.41, 5.74) is 0.346. The van der Waals surface area contributed by atoms with E-state index in [1.807, 2.05) is 0 Å². The fraction of sp³-hybridized carbons (Fsp3) is 0.462. The zero-order valence-corrected chi connectivity index (χ0v) is 10.3. The maximum Gasteiger partial charge on any atom is 0.253 e. The van der Waals surface area contributed by atoms with Crippen molar-refractivity contribution >= 4 is 17.5 Å². The molecular weight excluding hydrogens is 241 g/mol. The summed E-state index contributed by atoms with van der Waals surface area (Å²) in [5, 5.41) is 3.11. The third-order valence-corrected chi connectivity index (χ3v) is 3.43. The first kappa shape index (κ1) is 12.4. The van der Waals surface area contributed by atoms with Gasteiger partial charge in [0.2, 0.25) is 0 Å². The van der Waals surface area contributed by atoms with E-state index >= 15 is 0 Å². The van der Waals surface area contributed by atoms with E-state index in [2.05, 4.69) is 5.32 Å². The Labute approximate surface area is 105 Å². The van der Waals surface area contributed by atoms with Crippen LogP contribution in [0.5, 0.6) is 0 Å². The lowest BCUT2D eigenvalue weighted by Crippen LogP contribution is -2.36. The summed E-state index contributed by atoms with van der Waals surface area (Å²) in [7, 11) is 0. The molecular formula is C13H15ClFNO. The van der Waals surface area contributed by atoms with Gasteiger partial charge in [0.1, 0.15) is 5.82 Å². The molecule has 0 atom stereocenters. The highest BCUT2D eigenvalue weighted by atomic mass is 35.5. The van der Waals surface area contributed by atoms with Gasteiger partial charge < -0.3 is 5.32 Å². The molecule has 92 valence electrons. The zero-order chi connectivity index (χ0) is 12.3. The molecule has 1 saturated carbocycles. The predicted octanol–water partition coefficient (Wildman–Crippen LogP) is 3.54. The van der Waals surface area contributed by atoms with E-state index in [-0.39, 0.29) is 17.0 Å². The van der Waals surface area contributed by atoms with Crippen molar-refractivity contribution in [1.29, 1.82) is 0 Å². The summed E-state index contributed by atoms with van der Waals surface area (Å²) in [4.78, 5) is 11.9. The summed E-state index contributed by atoms with van der Waals surface area (Å²) in [6, 6.07) is 4.08. The minimum Gasteiger partial charge on any atom is -0.349 e. The fourth-order valence-electron chi connectivity index (χ4n) is 2.18. The molecule has 0 aromatic heterocycles. The van der Waals surface area contributed by atoms with E-state index in [4.69, 9.17) is 11.6 Å². The zero-order valence-electron chi connectivity index (χ0n) is 9.51. The van der Waals surface area contributed by atoms with Gasteiger partial charge in [-0.15, -0.1) is 0 Å². The lowest BCUT2D eigenvalue weighted by Gasteiger charge is -2.22. The summed E-state index contributed by atoms with van der Waals surface area (Å²) >= 11 is 5.84. The van der Waals surface area contributed by atoms with Gasteiger partial charge >= 0.3 is 0 Å². The monoisotopic (exact) mass is 255 g/mol. The van der Waals surface area contributed by atoms with Gasteiger partial charge in [0.25, 0.3) is 5.91 Å². The molecule has 2 rings (SSSR count). The maximum atomic E-state index is 12.9. The van der Waals surface area contributed by atoms with E-state index in [1.165, 1.54) is 18.6 Å². The number of nitrogens with one attached hydrogen (secondary N) is 1. The van der Waals surface area contributed by atoms with Crippen LogP contribution in [-0.2, 0) is 0 Å². The predicted molar refractivity (Wildman–Crippen MR) is 65.7 cm³/mol. The summed E-state index contributed by atoms with van der Waals surface area (Å²) < 4.78 is 12.9. The van der Waals surface area contributed by atoms with Crippen LogP contribution in [0, 0.1) is 5.82 Å². The van der Waals surface area contributed by atoms with Crippen LogP contribution in [0.15, 0.2) is 18.2 Å². The molecule has 0 saturated heterocycles. The Bertz CT molecular complexity index is 416. The van der Waals surface area contributed by atoms with Gasteiger partial charge in [0.15, 0.2) is 0 Å². The smallest absolute Gasteiger partial charge is 0.253 e. The van der Waals surface area contributed by atoms with Crippen molar-refractivity contribution in [3.63, 3.8) is 0 Å². The largest absolute Gasteiger partial charge is 0.349 e. The second-order valence-electron chi connectivity index (χ2n) is 4.43. The number of carbonyl (C=O) groups excluding carboxylic acids is 1. The average Bonchev–Trinajstić information content (AvgIpc) is 2.30. The Morgan fingerprint density at radius 3 is 2.65 bits per heavy atom.